The van der Waals surface area contributed by atoms with E-state index in [0.29, 0.717) is 17.0 Å². The van der Waals surface area contributed by atoms with Gasteiger partial charge in [-0.15, -0.1) is 0 Å². The SMILES string of the molecule is O=C(O)COc1ccc(Sc2cccc3c2CN(c2ccc(C(F)(F)F)cc2)C3=O)c2c1CCCC2. The van der Waals surface area contributed by atoms with Gasteiger partial charge in [0.1, 0.15) is 5.75 Å². The van der Waals surface area contributed by atoms with E-state index in [4.69, 9.17) is 9.84 Å². The van der Waals surface area contributed by atoms with Crippen LogP contribution in [0.5, 0.6) is 5.75 Å². The third-order valence-corrected chi connectivity index (χ3v) is 7.66. The van der Waals surface area contributed by atoms with Crippen molar-refractivity contribution in [2.45, 2.75) is 48.2 Å². The monoisotopic (exact) mass is 513 g/mol. The number of anilines is 1. The number of alkyl halides is 3. The second-order valence-corrected chi connectivity index (χ2v) is 9.81. The van der Waals surface area contributed by atoms with Gasteiger partial charge in [0.05, 0.1) is 12.1 Å². The maximum absolute atomic E-state index is 13.1. The van der Waals surface area contributed by atoms with Gasteiger partial charge >= 0.3 is 12.1 Å². The minimum Gasteiger partial charge on any atom is -0.482 e. The summed E-state index contributed by atoms with van der Waals surface area (Å²) in [7, 11) is 0. The molecule has 0 unspecified atom stereocenters. The molecule has 5 nitrogen and oxygen atoms in total. The van der Waals surface area contributed by atoms with Crippen LogP contribution in [0.3, 0.4) is 0 Å². The molecular formula is C27H22F3NO4S. The van der Waals surface area contributed by atoms with Gasteiger partial charge in [0.25, 0.3) is 5.91 Å². The number of hydrogen-bond acceptors (Lipinski definition) is 4. The van der Waals surface area contributed by atoms with Crippen molar-refractivity contribution in [3.63, 3.8) is 0 Å². The average molecular weight is 514 g/mol. The largest absolute Gasteiger partial charge is 0.482 e. The summed E-state index contributed by atoms with van der Waals surface area (Å²) in [5.74, 6) is -0.676. The van der Waals surface area contributed by atoms with Gasteiger partial charge < -0.3 is 14.7 Å². The molecule has 0 spiro atoms. The molecular weight excluding hydrogens is 491 g/mol. The molecule has 5 rings (SSSR count). The van der Waals surface area contributed by atoms with Gasteiger partial charge in [-0.3, -0.25) is 4.79 Å². The maximum Gasteiger partial charge on any atom is 0.416 e. The quantitative estimate of drug-likeness (QED) is 0.416. The summed E-state index contributed by atoms with van der Waals surface area (Å²) in [6, 6.07) is 13.8. The summed E-state index contributed by atoms with van der Waals surface area (Å²) in [5.41, 5.74) is 3.20. The zero-order chi connectivity index (χ0) is 25.4. The predicted octanol–water partition coefficient (Wildman–Crippen LogP) is 6.36. The Hall–Kier alpha value is -3.46. The van der Waals surface area contributed by atoms with E-state index in [0.717, 1.165) is 64.3 Å². The molecule has 1 aliphatic carbocycles. The Morgan fingerprint density at radius 1 is 0.944 bits per heavy atom. The number of ether oxygens (including phenoxy) is 1. The smallest absolute Gasteiger partial charge is 0.416 e. The molecule has 0 saturated carbocycles. The van der Waals surface area contributed by atoms with Crippen molar-refractivity contribution in [2.75, 3.05) is 11.5 Å². The number of carboxylic acids is 1. The molecule has 3 aromatic carbocycles. The highest BCUT2D eigenvalue weighted by Crippen LogP contribution is 2.43. The fourth-order valence-electron chi connectivity index (χ4n) is 4.73. The fourth-order valence-corrected chi connectivity index (χ4v) is 5.90. The van der Waals surface area contributed by atoms with Crippen molar-refractivity contribution in [2.24, 2.45) is 0 Å². The van der Waals surface area contributed by atoms with Crippen LogP contribution in [0.1, 0.15) is 45.5 Å². The summed E-state index contributed by atoms with van der Waals surface area (Å²) in [6.45, 7) is -0.127. The molecule has 1 heterocycles. The number of nitrogens with zero attached hydrogens (tertiary/aromatic N) is 1. The summed E-state index contributed by atoms with van der Waals surface area (Å²) in [6.07, 6.45) is -0.745. The van der Waals surface area contributed by atoms with Crippen molar-refractivity contribution in [3.05, 3.63) is 82.4 Å². The van der Waals surface area contributed by atoms with E-state index in [2.05, 4.69) is 0 Å². The lowest BCUT2D eigenvalue weighted by Crippen LogP contribution is -2.23. The van der Waals surface area contributed by atoms with Gasteiger partial charge in [0, 0.05) is 21.0 Å². The Morgan fingerprint density at radius 3 is 2.33 bits per heavy atom. The second kappa shape index (κ2) is 9.54. The first-order valence-corrected chi connectivity index (χ1v) is 12.3. The average Bonchev–Trinajstić information content (AvgIpc) is 3.20. The number of carbonyl (C=O) groups is 2. The molecule has 3 aromatic rings. The van der Waals surface area contributed by atoms with E-state index in [1.165, 1.54) is 17.0 Å². The van der Waals surface area contributed by atoms with Crippen LogP contribution >= 0.6 is 11.8 Å². The first kappa shape index (κ1) is 24.2. The van der Waals surface area contributed by atoms with Gasteiger partial charge in [-0.25, -0.2) is 4.79 Å². The van der Waals surface area contributed by atoms with E-state index < -0.39 is 24.3 Å². The number of carbonyl (C=O) groups excluding carboxylic acids is 1. The van der Waals surface area contributed by atoms with Crippen LogP contribution in [0.15, 0.2) is 64.4 Å². The van der Waals surface area contributed by atoms with E-state index >= 15 is 0 Å². The molecule has 1 amide bonds. The lowest BCUT2D eigenvalue weighted by Gasteiger charge is -2.22. The Labute approximate surface area is 209 Å². The zero-order valence-corrected chi connectivity index (χ0v) is 19.9. The molecule has 1 N–H and O–H groups in total. The number of carboxylic acid groups (broad SMARTS) is 1. The first-order chi connectivity index (χ1) is 17.2. The van der Waals surface area contributed by atoms with E-state index in [1.54, 1.807) is 23.9 Å². The van der Waals surface area contributed by atoms with Crippen molar-refractivity contribution in [3.8, 4) is 5.75 Å². The van der Waals surface area contributed by atoms with Crippen LogP contribution in [0, 0.1) is 0 Å². The summed E-state index contributed by atoms with van der Waals surface area (Å²) < 4.78 is 44.4. The Kier molecular flexibility index (Phi) is 6.42. The minimum atomic E-state index is -4.44. The van der Waals surface area contributed by atoms with E-state index in [-0.39, 0.29) is 12.5 Å². The zero-order valence-electron chi connectivity index (χ0n) is 19.1. The number of rotatable bonds is 6. The number of amides is 1. The second-order valence-electron chi connectivity index (χ2n) is 8.73. The van der Waals surface area contributed by atoms with Gasteiger partial charge in [-0.05, 0) is 90.9 Å². The van der Waals surface area contributed by atoms with Crippen molar-refractivity contribution in [1.29, 1.82) is 0 Å². The third-order valence-electron chi connectivity index (χ3n) is 6.45. The van der Waals surface area contributed by atoms with E-state index in [1.807, 2.05) is 18.2 Å². The molecule has 186 valence electrons. The molecule has 0 saturated heterocycles. The van der Waals surface area contributed by atoms with Crippen molar-refractivity contribution < 1.29 is 32.6 Å². The predicted molar refractivity (Wildman–Crippen MR) is 129 cm³/mol. The topological polar surface area (TPSA) is 66.8 Å². The van der Waals surface area contributed by atoms with Gasteiger partial charge in [-0.2, -0.15) is 13.2 Å². The minimum absolute atomic E-state index is 0.244. The number of fused-ring (bicyclic) bond motifs is 2. The number of halogens is 3. The summed E-state index contributed by atoms with van der Waals surface area (Å²) in [5, 5.41) is 8.98. The molecule has 0 aromatic heterocycles. The summed E-state index contributed by atoms with van der Waals surface area (Å²) in [4.78, 5) is 27.5. The van der Waals surface area contributed by atoms with Gasteiger partial charge in [-0.1, -0.05) is 17.8 Å². The fraction of sp³-hybridized carbons (Fsp3) is 0.259. The number of hydrogen-bond donors (Lipinski definition) is 1. The molecule has 2 aliphatic rings. The van der Waals surface area contributed by atoms with Crippen LogP contribution in [0.2, 0.25) is 0 Å². The Morgan fingerprint density at radius 2 is 1.64 bits per heavy atom. The lowest BCUT2D eigenvalue weighted by atomic mass is 9.91. The van der Waals surface area contributed by atoms with Crippen LogP contribution in [0.4, 0.5) is 18.9 Å². The van der Waals surface area contributed by atoms with Crippen LogP contribution in [-0.4, -0.2) is 23.6 Å². The van der Waals surface area contributed by atoms with Crippen LogP contribution < -0.4 is 9.64 Å². The highest BCUT2D eigenvalue weighted by atomic mass is 32.2. The van der Waals surface area contributed by atoms with E-state index in [9.17, 15) is 22.8 Å². The van der Waals surface area contributed by atoms with Crippen LogP contribution in [-0.2, 0) is 30.4 Å². The molecule has 0 radical (unpaired) electrons. The lowest BCUT2D eigenvalue weighted by molar-refractivity contribution is -0.139. The molecule has 36 heavy (non-hydrogen) atoms. The number of benzene rings is 3. The highest BCUT2D eigenvalue weighted by Gasteiger charge is 2.33. The molecule has 0 atom stereocenters. The van der Waals surface area contributed by atoms with Crippen molar-refractivity contribution in [1.82, 2.24) is 0 Å². The Balaban J connectivity index is 1.43. The molecule has 0 fully saturated rings. The maximum atomic E-state index is 13.1. The molecule has 1 aliphatic heterocycles. The highest BCUT2D eigenvalue weighted by molar-refractivity contribution is 7.99. The Bertz CT molecular complexity index is 1340. The first-order valence-electron chi connectivity index (χ1n) is 11.5. The van der Waals surface area contributed by atoms with Crippen molar-refractivity contribution >= 4 is 29.3 Å². The van der Waals surface area contributed by atoms with Gasteiger partial charge in [0.15, 0.2) is 6.61 Å². The normalized spacial score (nSPS) is 15.0. The standard InChI is InChI=1S/C27H22F3NO4S/c28-27(29,30)16-8-10-17(11-9-16)31-14-21-20(26(31)34)6-3-7-23(21)36-24-13-12-22(35-15-25(32)33)18-4-1-2-5-19(18)24/h3,6-13H,1-2,4-5,14-15H2,(H,32,33). The van der Waals surface area contributed by atoms with Gasteiger partial charge in [0.2, 0.25) is 0 Å². The molecule has 0 bridgehead atoms. The van der Waals surface area contributed by atoms with Crippen LogP contribution in [0.25, 0.3) is 0 Å². The number of aliphatic carboxylic acids is 1. The summed E-state index contributed by atoms with van der Waals surface area (Å²) >= 11 is 1.55. The molecule has 9 heteroatoms. The third kappa shape index (κ3) is 4.67.